The Balaban J connectivity index is 1.65. The molecule has 1 aromatic rings. The van der Waals surface area contributed by atoms with Gasteiger partial charge in [-0.25, -0.2) is 4.79 Å². The zero-order chi connectivity index (χ0) is 14.8. The van der Waals surface area contributed by atoms with Crippen LogP contribution in [0.2, 0.25) is 0 Å². The molecule has 114 valence electrons. The third kappa shape index (κ3) is 2.97. The molecule has 2 fully saturated rings. The van der Waals surface area contributed by atoms with Crippen LogP contribution in [0.4, 0.5) is 0 Å². The molecular formula is C17H24N2O2. The van der Waals surface area contributed by atoms with Crippen LogP contribution in [0.25, 0.3) is 0 Å². The quantitative estimate of drug-likeness (QED) is 0.798. The Bertz CT molecular complexity index is 500. The van der Waals surface area contributed by atoms with Gasteiger partial charge in [-0.1, -0.05) is 12.1 Å². The van der Waals surface area contributed by atoms with E-state index in [1.807, 2.05) is 24.3 Å². The van der Waals surface area contributed by atoms with E-state index in [0.29, 0.717) is 11.6 Å². The van der Waals surface area contributed by atoms with Crippen molar-refractivity contribution >= 4 is 5.97 Å². The normalized spacial score (nSPS) is 26.6. The second-order valence-corrected chi connectivity index (χ2v) is 6.15. The highest BCUT2D eigenvalue weighted by atomic mass is 16.5. The molecule has 4 heteroatoms. The first-order valence-electron chi connectivity index (χ1n) is 7.84. The van der Waals surface area contributed by atoms with Crippen molar-refractivity contribution in [2.45, 2.75) is 38.4 Å². The smallest absolute Gasteiger partial charge is 0.337 e. The zero-order valence-corrected chi connectivity index (χ0v) is 12.9. The van der Waals surface area contributed by atoms with Crippen LogP contribution in [0.1, 0.15) is 35.7 Å². The fourth-order valence-corrected chi connectivity index (χ4v) is 3.70. The van der Waals surface area contributed by atoms with Gasteiger partial charge in [0.2, 0.25) is 0 Å². The highest BCUT2D eigenvalue weighted by Gasteiger charge is 2.36. The molecule has 21 heavy (non-hydrogen) atoms. The predicted octanol–water partition coefficient (Wildman–Crippen LogP) is 2.14. The van der Waals surface area contributed by atoms with Gasteiger partial charge in [0, 0.05) is 31.7 Å². The van der Waals surface area contributed by atoms with Crippen molar-refractivity contribution in [2.75, 3.05) is 26.7 Å². The molecule has 2 saturated heterocycles. The highest BCUT2D eigenvalue weighted by Crippen LogP contribution is 2.27. The predicted molar refractivity (Wildman–Crippen MR) is 82.2 cm³/mol. The van der Waals surface area contributed by atoms with Gasteiger partial charge in [-0.15, -0.1) is 0 Å². The number of esters is 1. The van der Waals surface area contributed by atoms with Gasteiger partial charge < -0.3 is 4.74 Å². The molecule has 0 saturated carbocycles. The van der Waals surface area contributed by atoms with E-state index < -0.39 is 0 Å². The number of carbonyl (C=O) groups excluding carboxylic acids is 1. The molecule has 4 nitrogen and oxygen atoms in total. The molecule has 0 bridgehead atoms. The summed E-state index contributed by atoms with van der Waals surface area (Å²) in [5, 5.41) is 0. The van der Waals surface area contributed by atoms with E-state index in [1.165, 1.54) is 38.6 Å². The Hall–Kier alpha value is -1.39. The van der Waals surface area contributed by atoms with Crippen LogP contribution in [0, 0.1) is 0 Å². The Labute approximate surface area is 126 Å². The Morgan fingerprint density at radius 2 is 2.00 bits per heavy atom. The number of hydrogen-bond acceptors (Lipinski definition) is 4. The fourth-order valence-electron chi connectivity index (χ4n) is 3.70. The summed E-state index contributed by atoms with van der Waals surface area (Å²) in [4.78, 5) is 16.7. The van der Waals surface area contributed by atoms with Crippen LogP contribution in [0.3, 0.4) is 0 Å². The van der Waals surface area contributed by atoms with E-state index in [4.69, 9.17) is 4.74 Å². The standard InChI is InChI=1S/C17H24N2O2/c1-13-16-4-3-9-18(16)10-11-19(13)12-14-5-7-15(8-6-14)17(20)21-2/h5-8,13,16H,3-4,9-12H2,1-2H3/t13-,16-/m0/s1. The molecule has 2 atom stereocenters. The zero-order valence-electron chi connectivity index (χ0n) is 12.9. The van der Waals surface area contributed by atoms with Gasteiger partial charge >= 0.3 is 5.97 Å². The molecule has 2 aliphatic heterocycles. The summed E-state index contributed by atoms with van der Waals surface area (Å²) in [6, 6.07) is 9.14. The number of benzene rings is 1. The maximum Gasteiger partial charge on any atom is 0.337 e. The van der Waals surface area contributed by atoms with Crippen LogP contribution >= 0.6 is 0 Å². The molecule has 0 radical (unpaired) electrons. The highest BCUT2D eigenvalue weighted by molar-refractivity contribution is 5.89. The number of carbonyl (C=O) groups is 1. The van der Waals surface area contributed by atoms with E-state index >= 15 is 0 Å². The van der Waals surface area contributed by atoms with Gasteiger partial charge in [0.25, 0.3) is 0 Å². The van der Waals surface area contributed by atoms with Crippen molar-refractivity contribution in [1.82, 2.24) is 9.80 Å². The summed E-state index contributed by atoms with van der Waals surface area (Å²) in [7, 11) is 1.42. The molecule has 0 aliphatic carbocycles. The third-order valence-corrected chi connectivity index (χ3v) is 4.98. The minimum absolute atomic E-state index is 0.269. The summed E-state index contributed by atoms with van der Waals surface area (Å²) in [6.07, 6.45) is 2.68. The van der Waals surface area contributed by atoms with Crippen LogP contribution in [0.15, 0.2) is 24.3 Å². The fraction of sp³-hybridized carbons (Fsp3) is 0.588. The summed E-state index contributed by atoms with van der Waals surface area (Å²) in [5.41, 5.74) is 1.89. The lowest BCUT2D eigenvalue weighted by Crippen LogP contribution is -2.55. The maximum atomic E-state index is 11.5. The number of ether oxygens (including phenoxy) is 1. The van der Waals surface area contributed by atoms with E-state index in [0.717, 1.165) is 19.1 Å². The molecular weight excluding hydrogens is 264 g/mol. The van der Waals surface area contributed by atoms with Gasteiger partial charge in [0.1, 0.15) is 0 Å². The van der Waals surface area contributed by atoms with Gasteiger partial charge in [-0.05, 0) is 44.0 Å². The van der Waals surface area contributed by atoms with Crippen LogP contribution in [-0.4, -0.2) is 54.6 Å². The van der Waals surface area contributed by atoms with Crippen molar-refractivity contribution in [3.8, 4) is 0 Å². The lowest BCUT2D eigenvalue weighted by atomic mass is 10.0. The number of rotatable bonds is 3. The largest absolute Gasteiger partial charge is 0.465 e. The SMILES string of the molecule is COC(=O)c1ccc(CN2CCN3CCC[C@H]3[C@@H]2C)cc1. The average Bonchev–Trinajstić information content (AvgIpc) is 2.99. The topological polar surface area (TPSA) is 32.8 Å². The Morgan fingerprint density at radius 1 is 1.24 bits per heavy atom. The van der Waals surface area contributed by atoms with Crippen molar-refractivity contribution in [2.24, 2.45) is 0 Å². The summed E-state index contributed by atoms with van der Waals surface area (Å²) >= 11 is 0. The van der Waals surface area contributed by atoms with Crippen LogP contribution in [0.5, 0.6) is 0 Å². The Morgan fingerprint density at radius 3 is 2.71 bits per heavy atom. The number of piperazine rings is 1. The van der Waals surface area contributed by atoms with E-state index in [2.05, 4.69) is 16.7 Å². The molecule has 0 aromatic heterocycles. The molecule has 0 unspecified atom stereocenters. The molecule has 0 spiro atoms. The van der Waals surface area contributed by atoms with Gasteiger partial charge in [-0.2, -0.15) is 0 Å². The molecule has 2 heterocycles. The van der Waals surface area contributed by atoms with E-state index in [9.17, 15) is 4.79 Å². The first kappa shape index (κ1) is 14.5. The van der Waals surface area contributed by atoms with Crippen molar-refractivity contribution in [3.05, 3.63) is 35.4 Å². The van der Waals surface area contributed by atoms with Gasteiger partial charge in [0.15, 0.2) is 0 Å². The monoisotopic (exact) mass is 288 g/mol. The van der Waals surface area contributed by atoms with Crippen LogP contribution in [-0.2, 0) is 11.3 Å². The second kappa shape index (κ2) is 6.16. The molecule has 0 N–H and O–H groups in total. The second-order valence-electron chi connectivity index (χ2n) is 6.15. The number of fused-ring (bicyclic) bond motifs is 1. The average molecular weight is 288 g/mol. The molecule has 1 aromatic carbocycles. The molecule has 2 aliphatic rings. The minimum atomic E-state index is -0.269. The summed E-state index contributed by atoms with van der Waals surface area (Å²) in [6.45, 7) is 6.92. The van der Waals surface area contributed by atoms with Crippen molar-refractivity contribution < 1.29 is 9.53 Å². The summed E-state index contributed by atoms with van der Waals surface area (Å²) < 4.78 is 4.74. The maximum absolute atomic E-state index is 11.5. The first-order valence-corrected chi connectivity index (χ1v) is 7.84. The number of hydrogen-bond donors (Lipinski definition) is 0. The van der Waals surface area contributed by atoms with Gasteiger partial charge in [0.05, 0.1) is 12.7 Å². The lowest BCUT2D eigenvalue weighted by molar-refractivity contribution is 0.0470. The Kier molecular flexibility index (Phi) is 4.27. The molecule has 0 amide bonds. The van der Waals surface area contributed by atoms with E-state index in [-0.39, 0.29) is 5.97 Å². The van der Waals surface area contributed by atoms with Crippen molar-refractivity contribution in [3.63, 3.8) is 0 Å². The number of methoxy groups -OCH3 is 1. The minimum Gasteiger partial charge on any atom is -0.465 e. The van der Waals surface area contributed by atoms with Crippen LogP contribution < -0.4 is 0 Å². The number of nitrogens with zero attached hydrogens (tertiary/aromatic N) is 2. The third-order valence-electron chi connectivity index (χ3n) is 4.98. The first-order chi connectivity index (χ1) is 10.2. The molecule has 3 rings (SSSR count). The van der Waals surface area contributed by atoms with E-state index in [1.54, 1.807) is 0 Å². The van der Waals surface area contributed by atoms with Crippen molar-refractivity contribution in [1.29, 1.82) is 0 Å². The lowest BCUT2D eigenvalue weighted by Gasteiger charge is -2.43. The van der Waals surface area contributed by atoms with Gasteiger partial charge in [-0.3, -0.25) is 9.80 Å². The summed E-state index contributed by atoms with van der Waals surface area (Å²) in [5.74, 6) is -0.269.